The lowest BCUT2D eigenvalue weighted by Gasteiger charge is -2.35. The number of hydrogen-bond acceptors (Lipinski definition) is 8. The zero-order valence-corrected chi connectivity index (χ0v) is 21.7. The van der Waals surface area contributed by atoms with Gasteiger partial charge in [-0.2, -0.15) is 26.3 Å². The summed E-state index contributed by atoms with van der Waals surface area (Å²) >= 11 is 0. The fourth-order valence-electron chi connectivity index (χ4n) is 3.08. The second-order valence-electron chi connectivity index (χ2n) is 8.12. The first kappa shape index (κ1) is 34.0. The first-order valence-electron chi connectivity index (χ1n) is 11.4. The van der Waals surface area contributed by atoms with Crippen molar-refractivity contribution in [1.29, 1.82) is 0 Å². The molecule has 0 radical (unpaired) electrons. The lowest BCUT2D eigenvalue weighted by atomic mass is 10.1. The van der Waals surface area contributed by atoms with E-state index in [9.17, 15) is 31.1 Å². The number of pyridine rings is 1. The van der Waals surface area contributed by atoms with Crippen molar-refractivity contribution in [3.63, 3.8) is 0 Å². The van der Waals surface area contributed by atoms with E-state index < -0.39 is 24.3 Å². The first-order valence-corrected chi connectivity index (χ1v) is 11.4. The van der Waals surface area contributed by atoms with E-state index in [1.807, 2.05) is 48.9 Å². The van der Waals surface area contributed by atoms with Gasteiger partial charge < -0.3 is 24.7 Å². The van der Waals surface area contributed by atoms with Crippen molar-refractivity contribution in [3.05, 3.63) is 47.2 Å². The van der Waals surface area contributed by atoms with Crippen molar-refractivity contribution >= 4 is 23.7 Å². The zero-order valence-electron chi connectivity index (χ0n) is 21.7. The topological polar surface area (TPSA) is 146 Å². The number of carboxylic acids is 2. The Morgan fingerprint density at radius 3 is 1.98 bits per heavy atom. The molecule has 1 aliphatic heterocycles. The van der Waals surface area contributed by atoms with E-state index in [0.717, 1.165) is 23.8 Å². The number of amides is 1. The van der Waals surface area contributed by atoms with Crippen molar-refractivity contribution in [2.24, 2.45) is 0 Å². The molecule has 2 aromatic heterocycles. The number of halogens is 6. The van der Waals surface area contributed by atoms with Gasteiger partial charge in [-0.25, -0.2) is 19.6 Å². The van der Waals surface area contributed by atoms with Gasteiger partial charge in [-0.1, -0.05) is 0 Å². The van der Waals surface area contributed by atoms with Crippen LogP contribution in [0.25, 0.3) is 0 Å². The molecule has 2 aromatic rings. The lowest BCUT2D eigenvalue weighted by molar-refractivity contribution is -0.193. The lowest BCUT2D eigenvalue weighted by Crippen LogP contribution is -2.44. The number of carboxylic acid groups (broad SMARTS) is 2. The normalized spacial score (nSPS) is 15.2. The van der Waals surface area contributed by atoms with Gasteiger partial charge in [0, 0.05) is 43.3 Å². The number of morpholine rings is 1. The number of ether oxygens (including phenoxy) is 1. The predicted molar refractivity (Wildman–Crippen MR) is 127 cm³/mol. The third kappa shape index (κ3) is 10.6. The molecule has 0 aromatic carbocycles. The van der Waals surface area contributed by atoms with E-state index in [1.165, 1.54) is 0 Å². The van der Waals surface area contributed by atoms with Gasteiger partial charge in [0.2, 0.25) is 0 Å². The van der Waals surface area contributed by atoms with E-state index >= 15 is 0 Å². The number of aromatic nitrogens is 3. The highest BCUT2D eigenvalue weighted by molar-refractivity contribution is 5.94. The molecule has 1 aliphatic rings. The average molecular weight is 583 g/mol. The Hall–Kier alpha value is -4.02. The molecule has 11 nitrogen and oxygen atoms in total. The number of aryl methyl sites for hydroxylation is 2. The molecule has 1 saturated heterocycles. The van der Waals surface area contributed by atoms with Crippen molar-refractivity contribution in [3.8, 4) is 0 Å². The Balaban J connectivity index is 0.000000473. The average Bonchev–Trinajstić information content (AvgIpc) is 2.87. The number of carbonyl (C=O) groups excluding carboxylic acids is 1. The summed E-state index contributed by atoms with van der Waals surface area (Å²) in [6.07, 6.45) is -8.43. The summed E-state index contributed by atoms with van der Waals surface area (Å²) in [6, 6.07) is 5.22. The van der Waals surface area contributed by atoms with Crippen molar-refractivity contribution in [1.82, 2.24) is 19.9 Å². The Morgan fingerprint density at radius 2 is 1.52 bits per heavy atom. The van der Waals surface area contributed by atoms with Gasteiger partial charge in [-0.3, -0.25) is 9.78 Å². The minimum atomic E-state index is -5.08. The van der Waals surface area contributed by atoms with Crippen molar-refractivity contribution in [2.45, 2.75) is 39.2 Å². The van der Waals surface area contributed by atoms with E-state index in [4.69, 9.17) is 24.5 Å². The summed E-state index contributed by atoms with van der Waals surface area (Å²) in [7, 11) is 1.98. The molecule has 2 N–H and O–H groups in total. The molecule has 0 saturated carbocycles. The highest BCUT2D eigenvalue weighted by Gasteiger charge is 2.39. The standard InChI is InChI=1S/C19H25N5O2.2C2HF3O2/c1-5-23(4)17-6-7-20-18(22-17)16-12-26-9-8-24(16)19(25)15-10-13(2)21-14(3)11-15;2*3-2(4,5)1(6)7/h6-7,10-11,16H,5,8-9,12H2,1-4H3;2*(H,6,7). The summed E-state index contributed by atoms with van der Waals surface area (Å²) in [4.78, 5) is 48.2. The fraction of sp³-hybridized carbons (Fsp3) is 0.478. The highest BCUT2D eigenvalue weighted by atomic mass is 19.4. The van der Waals surface area contributed by atoms with Crippen LogP contribution in [0.2, 0.25) is 0 Å². The number of hydrogen-bond donors (Lipinski definition) is 2. The molecule has 1 atom stereocenters. The molecular weight excluding hydrogens is 556 g/mol. The summed E-state index contributed by atoms with van der Waals surface area (Å²) in [5.74, 6) is -4.10. The molecule has 0 aliphatic carbocycles. The van der Waals surface area contributed by atoms with Crippen LogP contribution in [0.4, 0.5) is 32.2 Å². The molecule has 222 valence electrons. The largest absolute Gasteiger partial charge is 0.490 e. The summed E-state index contributed by atoms with van der Waals surface area (Å²) in [5.41, 5.74) is 2.31. The van der Waals surface area contributed by atoms with Crippen molar-refractivity contribution < 1.29 is 55.7 Å². The van der Waals surface area contributed by atoms with Gasteiger partial charge >= 0.3 is 24.3 Å². The van der Waals surface area contributed by atoms with Crippen LogP contribution in [0.3, 0.4) is 0 Å². The van der Waals surface area contributed by atoms with Gasteiger partial charge in [0.25, 0.3) is 5.91 Å². The Morgan fingerprint density at radius 1 is 1.02 bits per heavy atom. The third-order valence-electron chi connectivity index (χ3n) is 5.03. The monoisotopic (exact) mass is 583 g/mol. The number of alkyl halides is 6. The first-order chi connectivity index (χ1) is 18.4. The molecule has 40 heavy (non-hydrogen) atoms. The number of anilines is 1. The quantitative estimate of drug-likeness (QED) is 0.514. The highest BCUT2D eigenvalue weighted by Crippen LogP contribution is 2.25. The van der Waals surface area contributed by atoms with Gasteiger partial charge in [0.15, 0.2) is 5.82 Å². The van der Waals surface area contributed by atoms with E-state index in [0.29, 0.717) is 31.1 Å². The Bertz CT molecular complexity index is 1130. The van der Waals surface area contributed by atoms with Gasteiger partial charge in [-0.15, -0.1) is 0 Å². The van der Waals surface area contributed by atoms with E-state index in [1.54, 1.807) is 6.20 Å². The van der Waals surface area contributed by atoms with Crippen LogP contribution < -0.4 is 4.90 Å². The smallest absolute Gasteiger partial charge is 0.475 e. The maximum atomic E-state index is 13.1. The Kier molecular flexibility index (Phi) is 12.2. The molecule has 3 heterocycles. The van der Waals surface area contributed by atoms with Crippen LogP contribution in [0.15, 0.2) is 24.4 Å². The summed E-state index contributed by atoms with van der Waals surface area (Å²) in [6.45, 7) is 8.13. The number of rotatable bonds is 4. The maximum Gasteiger partial charge on any atom is 0.490 e. The fourth-order valence-corrected chi connectivity index (χ4v) is 3.08. The van der Waals surface area contributed by atoms with Crippen LogP contribution in [0, 0.1) is 13.8 Å². The SMILES string of the molecule is CCN(C)c1ccnc(C2COCCN2C(=O)c2cc(C)nc(C)c2)n1.O=C(O)C(F)(F)F.O=C(O)C(F)(F)F. The van der Waals surface area contributed by atoms with Gasteiger partial charge in [-0.05, 0) is 39.0 Å². The molecule has 1 unspecified atom stereocenters. The van der Waals surface area contributed by atoms with Gasteiger partial charge in [0.05, 0.1) is 13.2 Å². The second-order valence-corrected chi connectivity index (χ2v) is 8.12. The van der Waals surface area contributed by atoms with E-state index in [2.05, 4.69) is 21.9 Å². The van der Waals surface area contributed by atoms with Crippen LogP contribution in [0.1, 0.15) is 40.5 Å². The molecule has 1 amide bonds. The zero-order chi connectivity index (χ0) is 30.8. The second kappa shape index (κ2) is 14.4. The van der Waals surface area contributed by atoms with Crippen LogP contribution in [0.5, 0.6) is 0 Å². The molecule has 0 bridgehead atoms. The molecule has 0 spiro atoms. The summed E-state index contributed by atoms with van der Waals surface area (Å²) in [5, 5.41) is 14.2. The molecule has 3 rings (SSSR count). The summed E-state index contributed by atoms with van der Waals surface area (Å²) < 4.78 is 69.1. The third-order valence-corrected chi connectivity index (χ3v) is 5.03. The van der Waals surface area contributed by atoms with Crippen LogP contribution in [-0.4, -0.2) is 93.6 Å². The Labute approximate surface area is 224 Å². The number of aliphatic carboxylic acids is 2. The predicted octanol–water partition coefficient (Wildman–Crippen LogP) is 3.42. The van der Waals surface area contributed by atoms with Crippen molar-refractivity contribution in [2.75, 3.05) is 38.3 Å². The van der Waals surface area contributed by atoms with Crippen LogP contribution in [-0.2, 0) is 14.3 Å². The molecular formula is C23H27F6N5O6. The number of carbonyl (C=O) groups is 3. The molecule has 1 fully saturated rings. The maximum absolute atomic E-state index is 13.1. The van der Waals surface area contributed by atoms with Crippen LogP contribution >= 0.6 is 0 Å². The molecule has 17 heteroatoms. The number of nitrogens with zero attached hydrogens (tertiary/aromatic N) is 5. The minimum Gasteiger partial charge on any atom is -0.475 e. The van der Waals surface area contributed by atoms with Gasteiger partial charge in [0.1, 0.15) is 11.9 Å². The minimum absolute atomic E-state index is 0.0373. The van der Waals surface area contributed by atoms with E-state index in [-0.39, 0.29) is 11.9 Å².